The van der Waals surface area contributed by atoms with Crippen molar-refractivity contribution in [1.29, 1.82) is 0 Å². The standard InChI is InChI=1S/C28H34F3N7O3/c1-17-14-38-15-18(12-21(29)24(38)34-17)35-25(39)19-6-7-22(20(23(19)32)13-33-16-28(5,30)31)36-8-10-37(11-9-36)26(40)41-27(2,3)4/h6-7,12-15H,8-11,16,32H2,1-5H3,(H,35,39). The number of alkyl halides is 2. The quantitative estimate of drug-likeness (QED) is 0.325. The molecule has 3 aromatic rings. The van der Waals surface area contributed by atoms with Gasteiger partial charge in [0.15, 0.2) is 11.5 Å². The first kappa shape index (κ1) is 29.7. The number of nitrogens with one attached hydrogen (secondary N) is 1. The van der Waals surface area contributed by atoms with Crippen molar-refractivity contribution in [3.8, 4) is 0 Å². The molecule has 1 aliphatic heterocycles. The summed E-state index contributed by atoms with van der Waals surface area (Å²) in [5.74, 6) is -4.26. The van der Waals surface area contributed by atoms with Gasteiger partial charge in [0.1, 0.15) is 12.1 Å². The number of imidazole rings is 1. The van der Waals surface area contributed by atoms with Gasteiger partial charge in [-0.25, -0.2) is 22.9 Å². The fraction of sp³-hybridized carbons (Fsp3) is 0.429. The largest absolute Gasteiger partial charge is 0.444 e. The Bertz CT molecular complexity index is 1480. The van der Waals surface area contributed by atoms with Crippen molar-refractivity contribution in [3.05, 3.63) is 53.2 Å². The number of fused-ring (bicyclic) bond motifs is 1. The van der Waals surface area contributed by atoms with E-state index in [2.05, 4.69) is 15.3 Å². The van der Waals surface area contributed by atoms with Crippen LogP contribution in [0.3, 0.4) is 0 Å². The number of aryl methyl sites for hydroxylation is 1. The van der Waals surface area contributed by atoms with E-state index in [1.54, 1.807) is 44.9 Å². The Kier molecular flexibility index (Phi) is 8.18. The SMILES string of the molecule is Cc1cn2cc(NC(=O)c3ccc(N4CCN(C(=O)OC(C)(C)C)CC4)c(C=NCC(C)(F)F)c3N)cc(F)c2n1. The van der Waals surface area contributed by atoms with Crippen molar-refractivity contribution in [3.63, 3.8) is 0 Å². The fourth-order valence-electron chi connectivity index (χ4n) is 4.43. The lowest BCUT2D eigenvalue weighted by molar-refractivity contribution is 0.0239. The predicted octanol–water partition coefficient (Wildman–Crippen LogP) is 4.75. The third kappa shape index (κ3) is 7.27. The van der Waals surface area contributed by atoms with Crippen molar-refractivity contribution in [1.82, 2.24) is 14.3 Å². The molecule has 0 saturated carbocycles. The molecular weight excluding hydrogens is 539 g/mol. The molecule has 10 nitrogen and oxygen atoms in total. The van der Waals surface area contributed by atoms with Gasteiger partial charge in [-0.2, -0.15) is 0 Å². The van der Waals surface area contributed by atoms with Crippen molar-refractivity contribution in [2.75, 3.05) is 48.7 Å². The molecule has 2 amide bonds. The van der Waals surface area contributed by atoms with E-state index in [1.165, 1.54) is 22.9 Å². The van der Waals surface area contributed by atoms with Crippen molar-refractivity contribution >= 4 is 40.9 Å². The minimum Gasteiger partial charge on any atom is -0.444 e. The summed E-state index contributed by atoms with van der Waals surface area (Å²) >= 11 is 0. The van der Waals surface area contributed by atoms with E-state index >= 15 is 0 Å². The number of piperazine rings is 1. The van der Waals surface area contributed by atoms with Crippen LogP contribution in [0.15, 0.2) is 35.6 Å². The molecule has 0 bridgehead atoms. The summed E-state index contributed by atoms with van der Waals surface area (Å²) in [6.45, 7) is 8.65. The third-order valence-electron chi connectivity index (χ3n) is 6.25. The highest BCUT2D eigenvalue weighted by Crippen LogP contribution is 2.30. The van der Waals surface area contributed by atoms with Gasteiger partial charge in [-0.3, -0.25) is 9.79 Å². The number of halogens is 3. The number of pyridine rings is 1. The number of amides is 2. The summed E-state index contributed by atoms with van der Waals surface area (Å²) in [4.78, 5) is 37.2. The zero-order valence-corrected chi connectivity index (χ0v) is 23.7. The lowest BCUT2D eigenvalue weighted by Crippen LogP contribution is -2.50. The van der Waals surface area contributed by atoms with E-state index < -0.39 is 35.9 Å². The van der Waals surface area contributed by atoms with Gasteiger partial charge in [0, 0.05) is 69.0 Å². The molecule has 0 spiro atoms. The molecule has 1 fully saturated rings. The third-order valence-corrected chi connectivity index (χ3v) is 6.25. The molecule has 2 aromatic heterocycles. The summed E-state index contributed by atoms with van der Waals surface area (Å²) in [5, 5.41) is 2.64. The Morgan fingerprint density at radius 3 is 2.46 bits per heavy atom. The Balaban J connectivity index is 1.60. The summed E-state index contributed by atoms with van der Waals surface area (Å²) in [5.41, 5.74) is 7.67. The Morgan fingerprint density at radius 2 is 1.83 bits per heavy atom. The lowest BCUT2D eigenvalue weighted by Gasteiger charge is -2.37. The molecule has 0 atom stereocenters. The number of hydrogen-bond acceptors (Lipinski definition) is 7. The molecule has 4 rings (SSSR count). The van der Waals surface area contributed by atoms with Crippen LogP contribution in [-0.4, -0.2) is 76.7 Å². The monoisotopic (exact) mass is 573 g/mol. The van der Waals surface area contributed by atoms with Gasteiger partial charge in [-0.1, -0.05) is 0 Å². The van der Waals surface area contributed by atoms with E-state index in [1.807, 2.05) is 4.90 Å². The first-order valence-corrected chi connectivity index (χ1v) is 13.1. The minimum atomic E-state index is -3.03. The number of benzene rings is 1. The van der Waals surface area contributed by atoms with Gasteiger partial charge in [-0.05, 0) is 39.8 Å². The van der Waals surface area contributed by atoms with E-state index in [-0.39, 0.29) is 22.6 Å². The number of anilines is 3. The average molecular weight is 574 g/mol. The van der Waals surface area contributed by atoms with Crippen LogP contribution in [0, 0.1) is 12.7 Å². The number of nitrogens with two attached hydrogens (primary N) is 1. The summed E-state index contributed by atoms with van der Waals surface area (Å²) < 4.78 is 48.5. The van der Waals surface area contributed by atoms with E-state index in [0.29, 0.717) is 43.1 Å². The van der Waals surface area contributed by atoms with Gasteiger partial charge in [0.2, 0.25) is 0 Å². The first-order valence-electron chi connectivity index (χ1n) is 13.1. The topological polar surface area (TPSA) is 118 Å². The molecule has 0 radical (unpaired) electrons. The molecule has 13 heteroatoms. The maximum Gasteiger partial charge on any atom is 0.410 e. The zero-order valence-electron chi connectivity index (χ0n) is 23.7. The van der Waals surface area contributed by atoms with Crippen LogP contribution >= 0.6 is 0 Å². The zero-order chi connectivity index (χ0) is 30.1. The minimum absolute atomic E-state index is 0.0257. The van der Waals surface area contributed by atoms with E-state index in [9.17, 15) is 22.8 Å². The van der Waals surface area contributed by atoms with Crippen LogP contribution in [0.25, 0.3) is 5.65 Å². The highest BCUT2D eigenvalue weighted by atomic mass is 19.3. The number of rotatable bonds is 6. The first-order chi connectivity index (χ1) is 19.1. The molecule has 1 aliphatic rings. The molecule has 41 heavy (non-hydrogen) atoms. The lowest BCUT2D eigenvalue weighted by atomic mass is 10.0. The van der Waals surface area contributed by atoms with Crippen molar-refractivity contribution in [2.24, 2.45) is 4.99 Å². The highest BCUT2D eigenvalue weighted by molar-refractivity contribution is 6.11. The number of nitrogens with zero attached hydrogens (tertiary/aromatic N) is 5. The summed E-state index contributed by atoms with van der Waals surface area (Å²) in [6, 6.07) is 4.32. The second kappa shape index (κ2) is 11.3. The number of aliphatic imine (C=N–C) groups is 1. The van der Waals surface area contributed by atoms with Gasteiger partial charge in [0.05, 0.1) is 22.6 Å². The molecule has 1 saturated heterocycles. The molecule has 220 valence electrons. The molecule has 0 unspecified atom stereocenters. The van der Waals surface area contributed by atoms with Gasteiger partial charge < -0.3 is 30.0 Å². The maximum absolute atomic E-state index is 14.5. The van der Waals surface area contributed by atoms with Gasteiger partial charge >= 0.3 is 6.09 Å². The molecule has 3 heterocycles. The smallest absolute Gasteiger partial charge is 0.410 e. The van der Waals surface area contributed by atoms with Crippen LogP contribution in [0.5, 0.6) is 0 Å². The van der Waals surface area contributed by atoms with Crippen LogP contribution in [0.2, 0.25) is 0 Å². The number of nitrogen functional groups attached to an aromatic ring is 1. The molecule has 0 aliphatic carbocycles. The second-order valence-corrected chi connectivity index (χ2v) is 11.1. The number of ether oxygens (including phenoxy) is 1. The number of carbonyl (C=O) groups excluding carboxylic acids is 2. The summed E-state index contributed by atoms with van der Waals surface area (Å²) in [6.07, 6.45) is 3.96. The van der Waals surface area contributed by atoms with Crippen LogP contribution < -0.4 is 16.0 Å². The normalized spacial score (nSPS) is 14.6. The van der Waals surface area contributed by atoms with Crippen LogP contribution in [-0.2, 0) is 4.74 Å². The van der Waals surface area contributed by atoms with Crippen molar-refractivity contribution < 1.29 is 27.5 Å². The van der Waals surface area contributed by atoms with Crippen LogP contribution in [0.1, 0.15) is 49.3 Å². The average Bonchev–Trinajstić information content (AvgIpc) is 3.24. The Hall–Kier alpha value is -4.29. The number of hydrogen-bond donors (Lipinski definition) is 2. The fourth-order valence-corrected chi connectivity index (χ4v) is 4.43. The predicted molar refractivity (Wildman–Crippen MR) is 152 cm³/mol. The Morgan fingerprint density at radius 1 is 1.15 bits per heavy atom. The number of aromatic nitrogens is 2. The summed E-state index contributed by atoms with van der Waals surface area (Å²) in [7, 11) is 0. The van der Waals surface area contributed by atoms with Crippen LogP contribution in [0.4, 0.5) is 35.0 Å². The van der Waals surface area contributed by atoms with Crippen molar-refractivity contribution in [2.45, 2.75) is 46.1 Å². The van der Waals surface area contributed by atoms with E-state index in [4.69, 9.17) is 10.5 Å². The van der Waals surface area contributed by atoms with Gasteiger partial charge in [0.25, 0.3) is 11.8 Å². The second-order valence-electron chi connectivity index (χ2n) is 11.1. The molecule has 3 N–H and O–H groups in total. The van der Waals surface area contributed by atoms with Gasteiger partial charge in [-0.15, -0.1) is 0 Å². The van der Waals surface area contributed by atoms with E-state index in [0.717, 1.165) is 13.0 Å². The highest BCUT2D eigenvalue weighted by Gasteiger charge is 2.28. The Labute approximate surface area is 236 Å². The molecule has 1 aromatic carbocycles. The number of carbonyl (C=O) groups is 2. The maximum atomic E-state index is 14.5. The molecular formula is C28H34F3N7O3.